The van der Waals surface area contributed by atoms with Gasteiger partial charge in [-0.1, -0.05) is 18.2 Å². The first kappa shape index (κ1) is 19.6. The van der Waals surface area contributed by atoms with Crippen LogP contribution in [-0.4, -0.2) is 35.1 Å². The lowest BCUT2D eigenvalue weighted by molar-refractivity contribution is -0.119. The van der Waals surface area contributed by atoms with Crippen molar-refractivity contribution in [3.63, 3.8) is 0 Å². The normalized spacial score (nSPS) is 11.3. The van der Waals surface area contributed by atoms with E-state index in [0.717, 1.165) is 44.5 Å². The number of aromatic amines is 1. The van der Waals surface area contributed by atoms with E-state index in [-0.39, 0.29) is 18.9 Å². The number of fused-ring (bicyclic) bond motifs is 1. The molecule has 0 saturated heterocycles. The first-order valence-electron chi connectivity index (χ1n) is 9.83. The molecule has 0 aliphatic heterocycles. The zero-order valence-electron chi connectivity index (χ0n) is 17.1. The Morgan fingerprint density at radius 2 is 1.93 bits per heavy atom. The van der Waals surface area contributed by atoms with E-state index >= 15 is 0 Å². The van der Waals surface area contributed by atoms with Crippen molar-refractivity contribution in [2.45, 2.75) is 13.8 Å². The summed E-state index contributed by atoms with van der Waals surface area (Å²) in [6.45, 7) is 4.07. The number of hydrogen-bond donors (Lipinski definition) is 1. The van der Waals surface area contributed by atoms with Crippen molar-refractivity contribution in [2.75, 3.05) is 13.2 Å². The summed E-state index contributed by atoms with van der Waals surface area (Å²) in [6, 6.07) is 16.1. The minimum Gasteiger partial charge on any atom is -0.485 e. The van der Waals surface area contributed by atoms with E-state index in [9.17, 15) is 4.79 Å². The van der Waals surface area contributed by atoms with Crippen LogP contribution in [0.4, 0.5) is 0 Å². The summed E-state index contributed by atoms with van der Waals surface area (Å²) in [7, 11) is 0. The van der Waals surface area contributed by atoms with Gasteiger partial charge in [-0.3, -0.25) is 14.8 Å². The third kappa shape index (κ3) is 4.46. The number of ketones is 1. The molecule has 0 unspecified atom stereocenters. The largest absolute Gasteiger partial charge is 0.485 e. The van der Waals surface area contributed by atoms with Crippen molar-refractivity contribution in [3.05, 3.63) is 83.8 Å². The molecule has 1 N–H and O–H groups in total. The Morgan fingerprint density at radius 1 is 1.10 bits per heavy atom. The monoisotopic (exact) mass is 397 g/mol. The van der Waals surface area contributed by atoms with Crippen LogP contribution in [0.1, 0.15) is 16.7 Å². The number of aryl methyl sites for hydroxylation is 2. The Bertz CT molecular complexity index is 1190. The number of pyridine rings is 1. The first-order valence-corrected chi connectivity index (χ1v) is 9.83. The van der Waals surface area contributed by atoms with Crippen LogP contribution in [0.25, 0.3) is 22.0 Å². The van der Waals surface area contributed by atoms with Gasteiger partial charge in [-0.25, -0.2) is 0 Å². The number of nitrogens with one attached hydrogen (secondary N) is 1. The van der Waals surface area contributed by atoms with Gasteiger partial charge in [0.25, 0.3) is 0 Å². The molecule has 2 aromatic heterocycles. The molecule has 2 aromatic carbocycles. The van der Waals surface area contributed by atoms with Gasteiger partial charge in [0.2, 0.25) is 0 Å². The molecule has 5 heteroatoms. The van der Waals surface area contributed by atoms with Gasteiger partial charge < -0.3 is 9.72 Å². The third-order valence-electron chi connectivity index (χ3n) is 4.92. The Labute approximate surface area is 175 Å². The van der Waals surface area contributed by atoms with Crippen LogP contribution in [0, 0.1) is 13.8 Å². The molecule has 150 valence electrons. The van der Waals surface area contributed by atoms with Gasteiger partial charge in [-0.15, -0.1) is 0 Å². The van der Waals surface area contributed by atoms with Crippen molar-refractivity contribution >= 4 is 22.9 Å². The van der Waals surface area contributed by atoms with Gasteiger partial charge in [0.1, 0.15) is 18.9 Å². The number of benzene rings is 2. The molecular weight excluding hydrogens is 374 g/mol. The molecule has 0 bridgehead atoms. The third-order valence-corrected chi connectivity index (χ3v) is 4.92. The summed E-state index contributed by atoms with van der Waals surface area (Å²) in [5.41, 5.74) is 6.12. The standard InChI is InChI=1S/C25H23N3O2/c1-17-10-22(21-4-3-8-26-14-21)11-18(2)25(17)30-16-23(29)15-27-13-19-5-6-20-7-9-28-24(20)12-19/h3-14,28H,15-16H2,1-2H3. The van der Waals surface area contributed by atoms with Gasteiger partial charge in [-0.2, -0.15) is 0 Å². The van der Waals surface area contributed by atoms with Crippen LogP contribution in [0.2, 0.25) is 0 Å². The molecule has 0 spiro atoms. The van der Waals surface area contributed by atoms with Crippen molar-refractivity contribution in [2.24, 2.45) is 4.99 Å². The Hall–Kier alpha value is -3.73. The van der Waals surface area contributed by atoms with Crippen LogP contribution < -0.4 is 4.74 Å². The predicted octanol–water partition coefficient (Wildman–Crippen LogP) is 4.91. The fourth-order valence-corrected chi connectivity index (χ4v) is 3.48. The Kier molecular flexibility index (Phi) is 5.70. The molecule has 0 aliphatic carbocycles. The minimum atomic E-state index is -0.0673. The molecular formula is C25H23N3O2. The van der Waals surface area contributed by atoms with Crippen LogP contribution >= 0.6 is 0 Å². The SMILES string of the molecule is Cc1cc(-c2cccnc2)cc(C)c1OCC(=O)CN=Cc1ccc2cc[nH]c2c1. The van der Waals surface area contributed by atoms with E-state index in [1.807, 2.05) is 62.6 Å². The number of rotatable bonds is 7. The second-order valence-corrected chi connectivity index (χ2v) is 7.30. The van der Waals surface area contributed by atoms with Gasteiger partial charge in [0.15, 0.2) is 5.78 Å². The molecule has 4 aromatic rings. The van der Waals surface area contributed by atoms with Crippen LogP contribution in [-0.2, 0) is 4.79 Å². The van der Waals surface area contributed by atoms with E-state index in [4.69, 9.17) is 4.74 Å². The molecule has 0 amide bonds. The van der Waals surface area contributed by atoms with E-state index in [0.29, 0.717) is 0 Å². The molecule has 0 radical (unpaired) electrons. The molecule has 5 nitrogen and oxygen atoms in total. The molecule has 0 fully saturated rings. The number of hydrogen-bond acceptors (Lipinski definition) is 4. The fraction of sp³-hybridized carbons (Fsp3) is 0.160. The van der Waals surface area contributed by atoms with Crippen molar-refractivity contribution in [3.8, 4) is 16.9 Å². The van der Waals surface area contributed by atoms with Crippen LogP contribution in [0.3, 0.4) is 0 Å². The lowest BCUT2D eigenvalue weighted by Gasteiger charge is -2.13. The zero-order chi connectivity index (χ0) is 20.9. The molecule has 4 rings (SSSR count). The van der Waals surface area contributed by atoms with Gasteiger partial charge in [-0.05, 0) is 71.8 Å². The highest BCUT2D eigenvalue weighted by Crippen LogP contribution is 2.29. The summed E-state index contributed by atoms with van der Waals surface area (Å²) < 4.78 is 5.83. The smallest absolute Gasteiger partial charge is 0.191 e. The highest BCUT2D eigenvalue weighted by atomic mass is 16.5. The molecule has 2 heterocycles. The van der Waals surface area contributed by atoms with Gasteiger partial charge in [0.05, 0.1) is 0 Å². The number of H-pyrrole nitrogens is 1. The number of nitrogens with zero attached hydrogens (tertiary/aromatic N) is 2. The second-order valence-electron chi connectivity index (χ2n) is 7.30. The van der Waals surface area contributed by atoms with Crippen molar-refractivity contribution in [1.29, 1.82) is 0 Å². The summed E-state index contributed by atoms with van der Waals surface area (Å²) >= 11 is 0. The number of aromatic nitrogens is 2. The maximum Gasteiger partial charge on any atom is 0.191 e. The molecule has 0 atom stereocenters. The summed E-state index contributed by atoms with van der Waals surface area (Å²) in [5.74, 6) is 0.680. The van der Waals surface area contributed by atoms with Gasteiger partial charge >= 0.3 is 0 Å². The van der Waals surface area contributed by atoms with E-state index in [1.54, 1.807) is 12.4 Å². The van der Waals surface area contributed by atoms with E-state index in [2.05, 4.69) is 27.1 Å². The molecule has 30 heavy (non-hydrogen) atoms. The van der Waals surface area contributed by atoms with E-state index in [1.165, 1.54) is 0 Å². The average Bonchev–Trinajstić information content (AvgIpc) is 3.21. The zero-order valence-corrected chi connectivity index (χ0v) is 17.1. The van der Waals surface area contributed by atoms with Crippen LogP contribution in [0.15, 0.2) is 72.1 Å². The average molecular weight is 397 g/mol. The fourth-order valence-electron chi connectivity index (χ4n) is 3.48. The minimum absolute atomic E-state index is 0.000915. The summed E-state index contributed by atoms with van der Waals surface area (Å²) in [6.07, 6.45) is 7.22. The number of Topliss-reactive ketones (excluding diaryl/α,β-unsaturated/α-hetero) is 1. The predicted molar refractivity (Wildman–Crippen MR) is 120 cm³/mol. The van der Waals surface area contributed by atoms with E-state index < -0.39 is 0 Å². The Morgan fingerprint density at radius 3 is 2.70 bits per heavy atom. The second kappa shape index (κ2) is 8.74. The maximum atomic E-state index is 12.2. The van der Waals surface area contributed by atoms with Crippen molar-refractivity contribution < 1.29 is 9.53 Å². The maximum absolute atomic E-state index is 12.2. The Balaban J connectivity index is 1.36. The summed E-state index contributed by atoms with van der Waals surface area (Å²) in [5, 5.41) is 1.15. The quantitative estimate of drug-likeness (QED) is 0.450. The highest BCUT2D eigenvalue weighted by molar-refractivity contribution is 5.90. The van der Waals surface area contributed by atoms with Crippen molar-refractivity contribution in [1.82, 2.24) is 9.97 Å². The molecule has 0 saturated carbocycles. The number of aliphatic imine (C=N–C) groups is 1. The van der Waals surface area contributed by atoms with Gasteiger partial charge in [0, 0.05) is 35.9 Å². The number of carbonyl (C=O) groups excluding carboxylic acids is 1. The lowest BCUT2D eigenvalue weighted by atomic mass is 10.0. The number of carbonyl (C=O) groups is 1. The topological polar surface area (TPSA) is 67.3 Å². The van der Waals surface area contributed by atoms with Crippen LogP contribution in [0.5, 0.6) is 5.75 Å². The lowest BCUT2D eigenvalue weighted by Crippen LogP contribution is -2.15. The number of ether oxygens (including phenoxy) is 1. The molecule has 0 aliphatic rings. The summed E-state index contributed by atoms with van der Waals surface area (Å²) in [4.78, 5) is 23.8. The highest BCUT2D eigenvalue weighted by Gasteiger charge is 2.10. The first-order chi connectivity index (χ1) is 14.6.